The van der Waals surface area contributed by atoms with Gasteiger partial charge in [-0.25, -0.2) is 8.42 Å². The third kappa shape index (κ3) is 3.71. The summed E-state index contributed by atoms with van der Waals surface area (Å²) in [4.78, 5) is 2.20. The first-order valence-corrected chi connectivity index (χ1v) is 7.75. The van der Waals surface area contributed by atoms with Crippen LogP contribution in [0.2, 0.25) is 0 Å². The van der Waals surface area contributed by atoms with Crippen LogP contribution < -0.4 is 5.73 Å². The van der Waals surface area contributed by atoms with Gasteiger partial charge in [0, 0.05) is 25.2 Å². The van der Waals surface area contributed by atoms with E-state index in [-0.39, 0.29) is 17.0 Å². The largest absolute Gasteiger partial charge is 0.327 e. The number of nitrogens with two attached hydrogens (primary N) is 1. The average molecular weight is 248 g/mol. The molecule has 1 rings (SSSR count). The third-order valence-corrected chi connectivity index (χ3v) is 5.62. The molecule has 1 aliphatic rings. The molecule has 0 bridgehead atoms. The first-order chi connectivity index (χ1) is 7.33. The van der Waals surface area contributed by atoms with E-state index in [0.717, 1.165) is 19.4 Å². The maximum atomic E-state index is 11.7. The Kier molecular flexibility index (Phi) is 4.76. The Hall–Kier alpha value is -0.130. The van der Waals surface area contributed by atoms with E-state index in [4.69, 9.17) is 5.73 Å². The lowest BCUT2D eigenvalue weighted by Gasteiger charge is -2.36. The summed E-state index contributed by atoms with van der Waals surface area (Å²) in [5.74, 6) is 0.252. The number of rotatable bonds is 4. The van der Waals surface area contributed by atoms with Crippen molar-refractivity contribution in [2.24, 2.45) is 5.73 Å². The molecule has 96 valence electrons. The molecule has 1 heterocycles. The predicted molar refractivity (Wildman–Crippen MR) is 67.2 cm³/mol. The van der Waals surface area contributed by atoms with Crippen molar-refractivity contribution >= 4 is 9.84 Å². The highest BCUT2D eigenvalue weighted by Crippen LogP contribution is 2.16. The minimum absolute atomic E-state index is 0.206. The first-order valence-electron chi connectivity index (χ1n) is 6.04. The van der Waals surface area contributed by atoms with Crippen LogP contribution in [0.25, 0.3) is 0 Å². The van der Waals surface area contributed by atoms with Crippen LogP contribution in [0, 0.1) is 0 Å². The molecule has 2 unspecified atom stereocenters. The summed E-state index contributed by atoms with van der Waals surface area (Å²) in [6.07, 6.45) is 2.12. The van der Waals surface area contributed by atoms with Crippen molar-refractivity contribution in [3.05, 3.63) is 0 Å². The van der Waals surface area contributed by atoms with Gasteiger partial charge in [0.25, 0.3) is 0 Å². The van der Waals surface area contributed by atoms with Crippen molar-refractivity contribution in [2.45, 2.75) is 50.9 Å². The fourth-order valence-electron chi connectivity index (χ4n) is 2.00. The molecule has 0 saturated carbocycles. The molecule has 0 spiro atoms. The number of hydrogen-bond donors (Lipinski definition) is 1. The topological polar surface area (TPSA) is 63.4 Å². The Balaban J connectivity index is 2.48. The van der Waals surface area contributed by atoms with Crippen molar-refractivity contribution in [1.29, 1.82) is 0 Å². The van der Waals surface area contributed by atoms with Gasteiger partial charge in [0.05, 0.1) is 11.0 Å². The number of sulfone groups is 1. The molecule has 1 fully saturated rings. The molecule has 1 saturated heterocycles. The molecule has 0 aliphatic carbocycles. The maximum Gasteiger partial charge on any atom is 0.153 e. The van der Waals surface area contributed by atoms with Crippen LogP contribution in [0.5, 0.6) is 0 Å². The number of hydrogen-bond acceptors (Lipinski definition) is 4. The van der Waals surface area contributed by atoms with Crippen molar-refractivity contribution in [3.8, 4) is 0 Å². The second kappa shape index (κ2) is 5.47. The van der Waals surface area contributed by atoms with Crippen molar-refractivity contribution in [1.82, 2.24) is 4.90 Å². The van der Waals surface area contributed by atoms with Crippen LogP contribution in [0.1, 0.15) is 33.6 Å². The van der Waals surface area contributed by atoms with E-state index >= 15 is 0 Å². The quantitative estimate of drug-likeness (QED) is 0.792. The molecule has 0 aromatic carbocycles. The molecule has 2 N–H and O–H groups in total. The average Bonchev–Trinajstić information content (AvgIpc) is 2.19. The number of piperidine rings is 1. The van der Waals surface area contributed by atoms with E-state index in [0.29, 0.717) is 12.6 Å². The molecule has 1 aliphatic heterocycles. The first kappa shape index (κ1) is 13.9. The highest BCUT2D eigenvalue weighted by molar-refractivity contribution is 7.92. The van der Waals surface area contributed by atoms with E-state index in [1.54, 1.807) is 13.8 Å². The van der Waals surface area contributed by atoms with Crippen LogP contribution >= 0.6 is 0 Å². The summed E-state index contributed by atoms with van der Waals surface area (Å²) in [5.41, 5.74) is 5.90. The van der Waals surface area contributed by atoms with Gasteiger partial charge < -0.3 is 5.73 Å². The summed E-state index contributed by atoms with van der Waals surface area (Å²) in [6.45, 7) is 7.07. The van der Waals surface area contributed by atoms with Gasteiger partial charge in [-0.2, -0.15) is 0 Å². The summed E-state index contributed by atoms with van der Waals surface area (Å²) < 4.78 is 23.4. The van der Waals surface area contributed by atoms with Crippen LogP contribution in [0.4, 0.5) is 0 Å². The molecule has 0 aromatic heterocycles. The molecule has 0 radical (unpaired) electrons. The summed E-state index contributed by atoms with van der Waals surface area (Å²) in [6, 6.07) is 0.667. The van der Waals surface area contributed by atoms with E-state index in [1.807, 2.05) is 0 Å². The third-order valence-electron chi connectivity index (χ3n) is 3.43. The fraction of sp³-hybridized carbons (Fsp3) is 1.00. The second-order valence-electron chi connectivity index (χ2n) is 5.10. The van der Waals surface area contributed by atoms with E-state index in [1.165, 1.54) is 0 Å². The van der Waals surface area contributed by atoms with E-state index < -0.39 is 9.84 Å². The van der Waals surface area contributed by atoms with Crippen LogP contribution in [0.15, 0.2) is 0 Å². The zero-order chi connectivity index (χ0) is 12.3. The number of likely N-dealkylation sites (tertiary alicyclic amines) is 1. The van der Waals surface area contributed by atoms with Gasteiger partial charge in [-0.05, 0) is 33.6 Å². The molecular formula is C11H24N2O2S. The van der Waals surface area contributed by atoms with Gasteiger partial charge in [-0.1, -0.05) is 0 Å². The van der Waals surface area contributed by atoms with E-state index in [2.05, 4.69) is 11.8 Å². The van der Waals surface area contributed by atoms with Gasteiger partial charge in [0.2, 0.25) is 0 Å². The smallest absolute Gasteiger partial charge is 0.153 e. The van der Waals surface area contributed by atoms with Gasteiger partial charge in [-0.15, -0.1) is 0 Å². The zero-order valence-electron chi connectivity index (χ0n) is 10.5. The summed E-state index contributed by atoms with van der Waals surface area (Å²) in [5, 5.41) is -0.277. The van der Waals surface area contributed by atoms with Crippen molar-refractivity contribution < 1.29 is 8.42 Å². The van der Waals surface area contributed by atoms with Gasteiger partial charge in [0.1, 0.15) is 0 Å². The molecular weight excluding hydrogens is 224 g/mol. The van der Waals surface area contributed by atoms with Crippen LogP contribution in [-0.2, 0) is 9.84 Å². The standard InChI is InChI=1S/C11H24N2O2S/c1-9(2)16(14,15)7-6-13-8-11(12)5-4-10(13)3/h9-11H,4-8,12H2,1-3H3. The lowest BCUT2D eigenvalue weighted by atomic mass is 10.0. The minimum atomic E-state index is -2.92. The molecule has 0 aromatic rings. The molecule has 2 atom stereocenters. The van der Waals surface area contributed by atoms with Crippen LogP contribution in [0.3, 0.4) is 0 Å². The normalized spacial score (nSPS) is 28.6. The summed E-state index contributed by atoms with van der Waals surface area (Å²) >= 11 is 0. The predicted octanol–water partition coefficient (Wildman–Crippen LogP) is 0.621. The van der Waals surface area contributed by atoms with Gasteiger partial charge in [-0.3, -0.25) is 4.90 Å². The second-order valence-corrected chi connectivity index (χ2v) is 7.77. The Morgan fingerprint density at radius 2 is 2.00 bits per heavy atom. The summed E-state index contributed by atoms with van der Waals surface area (Å²) in [7, 11) is -2.92. The maximum absolute atomic E-state index is 11.7. The lowest BCUT2D eigenvalue weighted by molar-refractivity contribution is 0.154. The van der Waals surface area contributed by atoms with Gasteiger partial charge in [0.15, 0.2) is 9.84 Å². The Morgan fingerprint density at radius 1 is 1.38 bits per heavy atom. The molecule has 5 heteroatoms. The molecule has 4 nitrogen and oxygen atoms in total. The molecule has 0 amide bonds. The zero-order valence-corrected chi connectivity index (χ0v) is 11.3. The molecule has 16 heavy (non-hydrogen) atoms. The van der Waals surface area contributed by atoms with Crippen molar-refractivity contribution in [2.75, 3.05) is 18.8 Å². The fourth-order valence-corrected chi connectivity index (χ4v) is 2.96. The monoisotopic (exact) mass is 248 g/mol. The highest BCUT2D eigenvalue weighted by atomic mass is 32.2. The number of nitrogens with zero attached hydrogens (tertiary/aromatic N) is 1. The minimum Gasteiger partial charge on any atom is -0.327 e. The van der Waals surface area contributed by atoms with Crippen LogP contribution in [-0.4, -0.2) is 49.5 Å². The highest BCUT2D eigenvalue weighted by Gasteiger charge is 2.25. The Bertz CT molecular complexity index is 314. The van der Waals surface area contributed by atoms with E-state index in [9.17, 15) is 8.42 Å². The SMILES string of the molecule is CC1CCC(N)CN1CCS(=O)(=O)C(C)C. The lowest BCUT2D eigenvalue weighted by Crippen LogP contribution is -2.49. The Morgan fingerprint density at radius 3 is 2.56 bits per heavy atom. The Labute approximate surface area is 99.1 Å². The van der Waals surface area contributed by atoms with Crippen molar-refractivity contribution in [3.63, 3.8) is 0 Å². The van der Waals surface area contributed by atoms with Gasteiger partial charge >= 0.3 is 0 Å².